The Labute approximate surface area is 133 Å². The molecule has 0 amide bonds. The average molecular weight is 302 g/mol. The molecular weight excluding hydrogens is 276 g/mol. The van der Waals surface area contributed by atoms with Crippen molar-refractivity contribution in [3.05, 3.63) is 48.6 Å². The summed E-state index contributed by atoms with van der Waals surface area (Å²) in [6, 6.07) is 9.78. The molecule has 0 bridgehead atoms. The van der Waals surface area contributed by atoms with E-state index in [-0.39, 0.29) is 11.9 Å². The van der Waals surface area contributed by atoms with Gasteiger partial charge in [-0.3, -0.25) is 0 Å². The number of ether oxygens (including phenoxy) is 2. The molecule has 1 unspecified atom stereocenters. The van der Waals surface area contributed by atoms with Crippen molar-refractivity contribution in [2.24, 2.45) is 5.92 Å². The lowest BCUT2D eigenvalue weighted by molar-refractivity contribution is -0.184. The molecule has 120 valence electrons. The molecule has 1 aliphatic rings. The van der Waals surface area contributed by atoms with E-state index in [2.05, 4.69) is 6.58 Å². The van der Waals surface area contributed by atoms with Gasteiger partial charge in [-0.2, -0.15) is 0 Å². The topological polar surface area (TPSA) is 35.5 Å². The SMILES string of the molecule is C=CCOC(C(=O)OCC)(c1ccccc1)C1CCCCC1. The largest absolute Gasteiger partial charge is 0.464 e. The Morgan fingerprint density at radius 1 is 1.27 bits per heavy atom. The first-order valence-corrected chi connectivity index (χ1v) is 8.23. The van der Waals surface area contributed by atoms with Gasteiger partial charge in [0.15, 0.2) is 5.60 Å². The van der Waals surface area contributed by atoms with Crippen LogP contribution >= 0.6 is 0 Å². The summed E-state index contributed by atoms with van der Waals surface area (Å²) in [5.41, 5.74) is -0.117. The summed E-state index contributed by atoms with van der Waals surface area (Å²) in [6.45, 7) is 6.26. The molecule has 22 heavy (non-hydrogen) atoms. The van der Waals surface area contributed by atoms with Crippen LogP contribution in [0, 0.1) is 5.92 Å². The fraction of sp³-hybridized carbons (Fsp3) is 0.526. The van der Waals surface area contributed by atoms with E-state index in [1.165, 1.54) is 6.42 Å². The van der Waals surface area contributed by atoms with Crippen LogP contribution in [0.15, 0.2) is 43.0 Å². The summed E-state index contributed by atoms with van der Waals surface area (Å²) in [5, 5.41) is 0. The minimum absolute atomic E-state index is 0.155. The normalized spacial score (nSPS) is 18.4. The second-order valence-electron chi connectivity index (χ2n) is 5.76. The first-order valence-electron chi connectivity index (χ1n) is 8.23. The zero-order chi connectivity index (χ0) is 15.8. The third-order valence-corrected chi connectivity index (χ3v) is 4.39. The highest BCUT2D eigenvalue weighted by Gasteiger charge is 2.49. The van der Waals surface area contributed by atoms with Crippen LogP contribution in [0.5, 0.6) is 0 Å². The number of carbonyl (C=O) groups excluding carboxylic acids is 1. The maximum absolute atomic E-state index is 12.9. The highest BCUT2D eigenvalue weighted by molar-refractivity contribution is 5.82. The molecule has 1 aliphatic carbocycles. The number of benzene rings is 1. The fourth-order valence-corrected chi connectivity index (χ4v) is 3.40. The number of hydrogen-bond acceptors (Lipinski definition) is 3. The lowest BCUT2D eigenvalue weighted by Gasteiger charge is -2.40. The lowest BCUT2D eigenvalue weighted by Crippen LogP contribution is -2.47. The Morgan fingerprint density at radius 3 is 2.55 bits per heavy atom. The standard InChI is InChI=1S/C19H26O3/c1-3-15-22-19(18(20)21-4-2,16-11-7-5-8-12-16)17-13-9-6-10-14-17/h3,5,7-8,11-12,17H,1,4,6,9-10,13-15H2,2H3. The Balaban J connectivity index is 2.46. The fourth-order valence-electron chi connectivity index (χ4n) is 3.40. The molecule has 0 heterocycles. The van der Waals surface area contributed by atoms with Gasteiger partial charge in [0, 0.05) is 5.92 Å². The molecule has 3 heteroatoms. The number of esters is 1. The molecule has 0 spiro atoms. The predicted octanol–water partition coefficient (Wildman–Crippen LogP) is 4.23. The molecule has 0 saturated heterocycles. The lowest BCUT2D eigenvalue weighted by atomic mass is 9.73. The smallest absolute Gasteiger partial charge is 0.343 e. The molecule has 1 aromatic carbocycles. The summed E-state index contributed by atoms with van der Waals surface area (Å²) in [7, 11) is 0. The van der Waals surface area contributed by atoms with E-state index in [1.807, 2.05) is 37.3 Å². The van der Waals surface area contributed by atoms with Gasteiger partial charge in [-0.05, 0) is 25.3 Å². The van der Waals surface area contributed by atoms with E-state index in [9.17, 15) is 4.79 Å². The van der Waals surface area contributed by atoms with E-state index in [4.69, 9.17) is 9.47 Å². The van der Waals surface area contributed by atoms with Gasteiger partial charge in [0.25, 0.3) is 0 Å². The first kappa shape index (κ1) is 16.8. The van der Waals surface area contributed by atoms with Gasteiger partial charge in [-0.25, -0.2) is 4.79 Å². The summed E-state index contributed by atoms with van der Waals surface area (Å²) in [4.78, 5) is 12.9. The van der Waals surface area contributed by atoms with E-state index in [1.54, 1.807) is 6.08 Å². The number of carbonyl (C=O) groups is 1. The van der Waals surface area contributed by atoms with E-state index < -0.39 is 5.60 Å². The van der Waals surface area contributed by atoms with Crippen molar-refractivity contribution >= 4 is 5.97 Å². The molecule has 1 aromatic rings. The van der Waals surface area contributed by atoms with Crippen LogP contribution in [0.3, 0.4) is 0 Å². The second-order valence-corrected chi connectivity index (χ2v) is 5.76. The monoisotopic (exact) mass is 302 g/mol. The summed E-state index contributed by atoms with van der Waals surface area (Å²) >= 11 is 0. The van der Waals surface area contributed by atoms with Gasteiger partial charge in [0.2, 0.25) is 0 Å². The van der Waals surface area contributed by atoms with Crippen molar-refractivity contribution in [3.8, 4) is 0 Å². The quantitative estimate of drug-likeness (QED) is 0.558. The Morgan fingerprint density at radius 2 is 1.95 bits per heavy atom. The number of hydrogen-bond donors (Lipinski definition) is 0. The molecule has 0 N–H and O–H groups in total. The average Bonchev–Trinajstić information content (AvgIpc) is 2.58. The predicted molar refractivity (Wildman–Crippen MR) is 87.5 cm³/mol. The Kier molecular flexibility index (Phi) is 6.20. The molecular formula is C19H26O3. The number of rotatable bonds is 7. The molecule has 1 atom stereocenters. The summed E-state index contributed by atoms with van der Waals surface area (Å²) < 4.78 is 11.5. The van der Waals surface area contributed by atoms with Crippen LogP contribution in [0.25, 0.3) is 0 Å². The van der Waals surface area contributed by atoms with Crippen molar-refractivity contribution in [1.29, 1.82) is 0 Å². The van der Waals surface area contributed by atoms with Crippen LogP contribution in [0.1, 0.15) is 44.6 Å². The van der Waals surface area contributed by atoms with Gasteiger partial charge in [0.05, 0.1) is 13.2 Å². The zero-order valence-electron chi connectivity index (χ0n) is 13.4. The maximum Gasteiger partial charge on any atom is 0.343 e. The van der Waals surface area contributed by atoms with Crippen molar-refractivity contribution < 1.29 is 14.3 Å². The molecule has 2 rings (SSSR count). The minimum atomic E-state index is -1.01. The van der Waals surface area contributed by atoms with Crippen molar-refractivity contribution in [2.45, 2.75) is 44.6 Å². The van der Waals surface area contributed by atoms with Gasteiger partial charge in [-0.15, -0.1) is 6.58 Å². The highest BCUT2D eigenvalue weighted by Crippen LogP contribution is 2.43. The maximum atomic E-state index is 12.9. The summed E-state index contributed by atoms with van der Waals surface area (Å²) in [5.74, 6) is -0.113. The second kappa shape index (κ2) is 8.14. The van der Waals surface area contributed by atoms with Gasteiger partial charge in [0.1, 0.15) is 0 Å². The van der Waals surface area contributed by atoms with Crippen molar-refractivity contribution in [1.82, 2.24) is 0 Å². The summed E-state index contributed by atoms with van der Waals surface area (Å²) in [6.07, 6.45) is 7.17. The van der Waals surface area contributed by atoms with Crippen LogP contribution in [-0.4, -0.2) is 19.2 Å². The van der Waals surface area contributed by atoms with Crippen LogP contribution < -0.4 is 0 Å². The van der Waals surface area contributed by atoms with E-state index in [0.29, 0.717) is 13.2 Å². The van der Waals surface area contributed by atoms with Crippen molar-refractivity contribution in [3.63, 3.8) is 0 Å². The Bertz CT molecular complexity index is 477. The van der Waals surface area contributed by atoms with E-state index in [0.717, 1.165) is 31.2 Å². The highest BCUT2D eigenvalue weighted by atomic mass is 16.6. The minimum Gasteiger partial charge on any atom is -0.464 e. The molecule has 0 aliphatic heterocycles. The van der Waals surface area contributed by atoms with Crippen LogP contribution in [0.2, 0.25) is 0 Å². The Hall–Kier alpha value is -1.61. The van der Waals surface area contributed by atoms with E-state index >= 15 is 0 Å². The molecule has 0 radical (unpaired) electrons. The van der Waals surface area contributed by atoms with Crippen molar-refractivity contribution in [2.75, 3.05) is 13.2 Å². The third kappa shape index (κ3) is 3.41. The van der Waals surface area contributed by atoms with Gasteiger partial charge in [-0.1, -0.05) is 55.7 Å². The molecule has 1 fully saturated rings. The van der Waals surface area contributed by atoms with Gasteiger partial charge >= 0.3 is 5.97 Å². The van der Waals surface area contributed by atoms with Crippen LogP contribution in [0.4, 0.5) is 0 Å². The first-order chi connectivity index (χ1) is 10.8. The van der Waals surface area contributed by atoms with Crippen LogP contribution in [-0.2, 0) is 19.9 Å². The molecule has 1 saturated carbocycles. The third-order valence-electron chi connectivity index (χ3n) is 4.39. The van der Waals surface area contributed by atoms with Gasteiger partial charge < -0.3 is 9.47 Å². The molecule has 0 aromatic heterocycles. The zero-order valence-corrected chi connectivity index (χ0v) is 13.4. The molecule has 3 nitrogen and oxygen atoms in total.